The van der Waals surface area contributed by atoms with Gasteiger partial charge in [0, 0.05) is 6.04 Å². The van der Waals surface area contributed by atoms with E-state index < -0.39 is 0 Å². The highest BCUT2D eigenvalue weighted by molar-refractivity contribution is 5.27. The molecule has 0 bridgehead atoms. The Balaban J connectivity index is 2.02. The zero-order valence-electron chi connectivity index (χ0n) is 8.46. The van der Waals surface area contributed by atoms with Crippen LogP contribution in [0.4, 0.5) is 4.39 Å². The SMILES string of the molecule is Cc1cc(F)ccc1CC1CC(N)C1. The van der Waals surface area contributed by atoms with Crippen molar-refractivity contribution in [3.63, 3.8) is 0 Å². The first kappa shape index (κ1) is 9.66. The molecule has 1 aliphatic carbocycles. The van der Waals surface area contributed by atoms with Crippen molar-refractivity contribution in [2.45, 2.75) is 32.2 Å². The van der Waals surface area contributed by atoms with Gasteiger partial charge in [0.1, 0.15) is 5.82 Å². The van der Waals surface area contributed by atoms with Crippen LogP contribution in [0.1, 0.15) is 24.0 Å². The Morgan fingerprint density at radius 3 is 2.71 bits per heavy atom. The van der Waals surface area contributed by atoms with Crippen LogP contribution in [0.15, 0.2) is 18.2 Å². The molecule has 2 N–H and O–H groups in total. The fraction of sp³-hybridized carbons (Fsp3) is 0.500. The molecule has 14 heavy (non-hydrogen) atoms. The van der Waals surface area contributed by atoms with Crippen LogP contribution in [0.2, 0.25) is 0 Å². The lowest BCUT2D eigenvalue weighted by Gasteiger charge is -2.32. The second-order valence-corrected chi connectivity index (χ2v) is 4.37. The molecule has 1 aliphatic rings. The molecule has 0 radical (unpaired) electrons. The van der Waals surface area contributed by atoms with Gasteiger partial charge in [0.2, 0.25) is 0 Å². The van der Waals surface area contributed by atoms with Crippen LogP contribution in [-0.4, -0.2) is 6.04 Å². The Labute approximate surface area is 84.1 Å². The van der Waals surface area contributed by atoms with E-state index in [-0.39, 0.29) is 5.82 Å². The van der Waals surface area contributed by atoms with Crippen molar-refractivity contribution in [3.8, 4) is 0 Å². The van der Waals surface area contributed by atoms with E-state index in [1.165, 1.54) is 5.56 Å². The Morgan fingerprint density at radius 1 is 1.43 bits per heavy atom. The second kappa shape index (κ2) is 3.70. The molecule has 0 saturated heterocycles. The highest BCUT2D eigenvalue weighted by Gasteiger charge is 2.26. The lowest BCUT2D eigenvalue weighted by Crippen LogP contribution is -2.37. The lowest BCUT2D eigenvalue weighted by atomic mass is 9.77. The molecule has 1 fully saturated rings. The molecule has 1 saturated carbocycles. The predicted molar refractivity (Wildman–Crippen MR) is 55.5 cm³/mol. The summed E-state index contributed by atoms with van der Waals surface area (Å²) in [6.45, 7) is 1.97. The van der Waals surface area contributed by atoms with E-state index in [1.54, 1.807) is 12.1 Å². The third-order valence-electron chi connectivity index (χ3n) is 3.09. The van der Waals surface area contributed by atoms with E-state index >= 15 is 0 Å². The van der Waals surface area contributed by atoms with Crippen LogP contribution in [0.25, 0.3) is 0 Å². The molecule has 0 spiro atoms. The molecular formula is C12H16FN. The molecule has 0 atom stereocenters. The van der Waals surface area contributed by atoms with Gasteiger partial charge in [-0.3, -0.25) is 0 Å². The maximum absolute atomic E-state index is 12.8. The van der Waals surface area contributed by atoms with Crippen molar-refractivity contribution in [1.82, 2.24) is 0 Å². The van der Waals surface area contributed by atoms with Crippen molar-refractivity contribution in [1.29, 1.82) is 0 Å². The topological polar surface area (TPSA) is 26.0 Å². The molecule has 76 valence electrons. The molecule has 0 unspecified atom stereocenters. The maximum Gasteiger partial charge on any atom is 0.123 e. The number of aryl methyl sites for hydroxylation is 1. The first-order valence-corrected chi connectivity index (χ1v) is 5.16. The fourth-order valence-corrected chi connectivity index (χ4v) is 2.15. The molecule has 2 rings (SSSR count). The summed E-state index contributed by atoms with van der Waals surface area (Å²) in [6.07, 6.45) is 3.30. The molecule has 2 heteroatoms. The number of benzene rings is 1. The molecule has 0 amide bonds. The Kier molecular flexibility index (Phi) is 2.55. The first-order chi connectivity index (χ1) is 6.65. The van der Waals surface area contributed by atoms with Crippen LogP contribution in [0.3, 0.4) is 0 Å². The largest absolute Gasteiger partial charge is 0.328 e. The molecule has 1 aromatic carbocycles. The third-order valence-corrected chi connectivity index (χ3v) is 3.09. The zero-order chi connectivity index (χ0) is 10.1. The van der Waals surface area contributed by atoms with Gasteiger partial charge < -0.3 is 5.73 Å². The first-order valence-electron chi connectivity index (χ1n) is 5.16. The van der Waals surface area contributed by atoms with Gasteiger partial charge in [0.25, 0.3) is 0 Å². The number of halogens is 1. The maximum atomic E-state index is 12.8. The van der Waals surface area contributed by atoms with Crippen molar-refractivity contribution in [2.24, 2.45) is 11.7 Å². The quantitative estimate of drug-likeness (QED) is 0.767. The average Bonchev–Trinajstić information content (AvgIpc) is 2.06. The summed E-state index contributed by atoms with van der Waals surface area (Å²) in [5.41, 5.74) is 8.05. The summed E-state index contributed by atoms with van der Waals surface area (Å²) in [7, 11) is 0. The standard InChI is InChI=1S/C12H16FN/c1-8-4-11(13)3-2-10(8)5-9-6-12(14)7-9/h2-4,9,12H,5-7,14H2,1H3. The van der Waals surface area contributed by atoms with Crippen molar-refractivity contribution >= 4 is 0 Å². The normalized spacial score (nSPS) is 25.9. The van der Waals surface area contributed by atoms with E-state index in [0.29, 0.717) is 12.0 Å². The van der Waals surface area contributed by atoms with E-state index in [0.717, 1.165) is 24.8 Å². The number of hydrogen-bond acceptors (Lipinski definition) is 1. The van der Waals surface area contributed by atoms with Gasteiger partial charge in [-0.25, -0.2) is 4.39 Å². The molecule has 1 aromatic rings. The van der Waals surface area contributed by atoms with Crippen molar-refractivity contribution in [2.75, 3.05) is 0 Å². The zero-order valence-corrected chi connectivity index (χ0v) is 8.46. The van der Waals surface area contributed by atoms with Gasteiger partial charge in [0.05, 0.1) is 0 Å². The van der Waals surface area contributed by atoms with E-state index in [9.17, 15) is 4.39 Å². The van der Waals surface area contributed by atoms with Gasteiger partial charge in [-0.1, -0.05) is 6.07 Å². The van der Waals surface area contributed by atoms with Crippen LogP contribution >= 0.6 is 0 Å². The smallest absolute Gasteiger partial charge is 0.123 e. The van der Waals surface area contributed by atoms with Crippen LogP contribution < -0.4 is 5.73 Å². The summed E-state index contributed by atoms with van der Waals surface area (Å²) in [6, 6.07) is 5.45. The highest BCUT2D eigenvalue weighted by Crippen LogP contribution is 2.29. The Hall–Kier alpha value is -0.890. The Morgan fingerprint density at radius 2 is 2.14 bits per heavy atom. The summed E-state index contributed by atoms with van der Waals surface area (Å²) < 4.78 is 12.8. The van der Waals surface area contributed by atoms with Crippen molar-refractivity contribution in [3.05, 3.63) is 35.1 Å². The number of nitrogens with two attached hydrogens (primary N) is 1. The molecule has 0 heterocycles. The minimum Gasteiger partial charge on any atom is -0.328 e. The summed E-state index contributed by atoms with van der Waals surface area (Å²) >= 11 is 0. The summed E-state index contributed by atoms with van der Waals surface area (Å²) in [4.78, 5) is 0. The van der Waals surface area contributed by atoms with Crippen LogP contribution in [0, 0.1) is 18.7 Å². The van der Waals surface area contributed by atoms with Crippen molar-refractivity contribution < 1.29 is 4.39 Å². The van der Waals surface area contributed by atoms with Crippen LogP contribution in [0.5, 0.6) is 0 Å². The Bertz CT molecular complexity index is 329. The predicted octanol–water partition coefficient (Wildman–Crippen LogP) is 2.41. The minimum absolute atomic E-state index is 0.142. The lowest BCUT2D eigenvalue weighted by molar-refractivity contribution is 0.264. The molecule has 1 nitrogen and oxygen atoms in total. The summed E-state index contributed by atoms with van der Waals surface area (Å²) in [5, 5.41) is 0. The van der Waals surface area contributed by atoms with E-state index in [2.05, 4.69) is 0 Å². The van der Waals surface area contributed by atoms with Gasteiger partial charge in [-0.05, 0) is 55.4 Å². The van der Waals surface area contributed by atoms with Crippen LogP contribution in [-0.2, 0) is 6.42 Å². The van der Waals surface area contributed by atoms with Gasteiger partial charge >= 0.3 is 0 Å². The highest BCUT2D eigenvalue weighted by atomic mass is 19.1. The van der Waals surface area contributed by atoms with Gasteiger partial charge in [-0.15, -0.1) is 0 Å². The molecular weight excluding hydrogens is 177 g/mol. The number of rotatable bonds is 2. The molecule has 0 aliphatic heterocycles. The third kappa shape index (κ3) is 1.95. The summed E-state index contributed by atoms with van der Waals surface area (Å²) in [5.74, 6) is 0.575. The fourth-order valence-electron chi connectivity index (χ4n) is 2.15. The second-order valence-electron chi connectivity index (χ2n) is 4.37. The van der Waals surface area contributed by atoms with Gasteiger partial charge in [-0.2, -0.15) is 0 Å². The van der Waals surface area contributed by atoms with E-state index in [1.807, 2.05) is 13.0 Å². The number of hydrogen-bond donors (Lipinski definition) is 1. The molecule has 0 aromatic heterocycles. The minimum atomic E-state index is -0.142. The average molecular weight is 193 g/mol. The van der Waals surface area contributed by atoms with Gasteiger partial charge in [0.15, 0.2) is 0 Å². The monoisotopic (exact) mass is 193 g/mol. The van der Waals surface area contributed by atoms with E-state index in [4.69, 9.17) is 5.73 Å².